The maximum absolute atomic E-state index is 12.8. The largest absolute Gasteiger partial charge is 0.334 e. The molecule has 26 heavy (non-hydrogen) atoms. The fraction of sp³-hybridized carbons (Fsp3) is 0.333. The summed E-state index contributed by atoms with van der Waals surface area (Å²) in [6.07, 6.45) is 3.66. The molecule has 0 spiro atoms. The number of hydrogen-bond acceptors (Lipinski definition) is 6. The van der Waals surface area contributed by atoms with Crippen LogP contribution >= 0.6 is 0 Å². The van der Waals surface area contributed by atoms with Crippen molar-refractivity contribution in [3.8, 4) is 0 Å². The maximum atomic E-state index is 12.8. The van der Waals surface area contributed by atoms with Crippen LogP contribution in [0.25, 0.3) is 0 Å². The van der Waals surface area contributed by atoms with E-state index in [0.717, 1.165) is 17.5 Å². The summed E-state index contributed by atoms with van der Waals surface area (Å²) in [6.45, 7) is 3.29. The summed E-state index contributed by atoms with van der Waals surface area (Å²) in [6, 6.07) is 7.96. The number of fused-ring (bicyclic) bond motifs is 2. The Morgan fingerprint density at radius 3 is 2.54 bits per heavy atom. The summed E-state index contributed by atoms with van der Waals surface area (Å²) in [5, 5.41) is 8.64. The molecule has 3 heterocycles. The molecule has 8 heteroatoms. The first-order valence-corrected chi connectivity index (χ1v) is 8.47. The topological polar surface area (TPSA) is 98.7 Å². The zero-order chi connectivity index (χ0) is 18.3. The highest BCUT2D eigenvalue weighted by Gasteiger charge is 2.46. The molecule has 2 aromatic rings. The van der Waals surface area contributed by atoms with E-state index in [1.807, 2.05) is 36.1 Å². The Morgan fingerprint density at radius 1 is 1.15 bits per heavy atom. The van der Waals surface area contributed by atoms with Gasteiger partial charge in [0.15, 0.2) is 0 Å². The Kier molecular flexibility index (Phi) is 4.04. The highest BCUT2D eigenvalue weighted by Crippen LogP contribution is 2.33. The molecule has 2 aliphatic rings. The molecule has 8 nitrogen and oxygen atoms in total. The monoisotopic (exact) mass is 353 g/mol. The van der Waals surface area contributed by atoms with Crippen molar-refractivity contribution in [2.24, 2.45) is 0 Å². The molecule has 2 aliphatic heterocycles. The van der Waals surface area contributed by atoms with Crippen molar-refractivity contribution in [3.63, 3.8) is 0 Å². The van der Waals surface area contributed by atoms with Gasteiger partial charge < -0.3 is 9.80 Å². The molecule has 0 radical (unpaired) electrons. The van der Waals surface area contributed by atoms with E-state index in [9.17, 15) is 9.59 Å². The van der Waals surface area contributed by atoms with Crippen molar-refractivity contribution < 1.29 is 14.8 Å². The third-order valence-electron chi connectivity index (χ3n) is 5.03. The average molecular weight is 353 g/mol. The van der Waals surface area contributed by atoms with E-state index in [-0.39, 0.29) is 23.6 Å². The predicted molar refractivity (Wildman–Crippen MR) is 93.0 cm³/mol. The molecule has 2 bridgehead atoms. The number of piperazine rings is 1. The number of amides is 2. The van der Waals surface area contributed by atoms with E-state index < -0.39 is 5.91 Å². The lowest BCUT2D eigenvalue weighted by atomic mass is 10.1. The minimum atomic E-state index is -0.644. The number of hydroxylamine groups is 1. The lowest BCUT2D eigenvalue weighted by molar-refractivity contribution is 0.0703. The molecule has 1 aromatic heterocycles. The molecule has 2 fully saturated rings. The molecule has 2 saturated heterocycles. The highest BCUT2D eigenvalue weighted by atomic mass is 16.5. The molecular formula is C18H19N5O3. The quantitative estimate of drug-likeness (QED) is 0.631. The summed E-state index contributed by atoms with van der Waals surface area (Å²) < 4.78 is 0. The number of aryl methyl sites for hydroxylation is 1. The number of anilines is 1. The summed E-state index contributed by atoms with van der Waals surface area (Å²) in [5.41, 5.74) is 3.54. The SMILES string of the molecule is Cc1cccc(C(=O)N2C[C@@H]3C[C@H]2CN3c2ncc(C(=O)NO)cn2)c1. The second kappa shape index (κ2) is 6.38. The van der Waals surface area contributed by atoms with E-state index in [1.54, 1.807) is 5.48 Å². The van der Waals surface area contributed by atoms with Gasteiger partial charge in [-0.15, -0.1) is 0 Å². The van der Waals surface area contributed by atoms with Crippen LogP contribution in [0.1, 0.15) is 32.7 Å². The van der Waals surface area contributed by atoms with Crippen molar-refractivity contribution >= 4 is 17.8 Å². The van der Waals surface area contributed by atoms with Crippen molar-refractivity contribution in [1.82, 2.24) is 20.3 Å². The molecule has 134 valence electrons. The minimum absolute atomic E-state index is 0.0664. The van der Waals surface area contributed by atoms with Gasteiger partial charge in [-0.3, -0.25) is 14.8 Å². The number of aromatic nitrogens is 2. The standard InChI is InChI=1S/C18H19N5O3/c1-11-3-2-4-12(5-11)17(25)22-9-15-6-14(22)10-23(15)18-19-7-13(8-20-18)16(24)21-26/h2-5,7-8,14-15,26H,6,9-10H2,1H3,(H,21,24)/t14-,15-/m0/s1. The zero-order valence-corrected chi connectivity index (χ0v) is 14.3. The van der Waals surface area contributed by atoms with Gasteiger partial charge in [-0.2, -0.15) is 0 Å². The molecule has 2 atom stereocenters. The second-order valence-corrected chi connectivity index (χ2v) is 6.74. The number of carbonyl (C=O) groups is 2. The lowest BCUT2D eigenvalue weighted by Gasteiger charge is -2.34. The summed E-state index contributed by atoms with van der Waals surface area (Å²) >= 11 is 0. The van der Waals surface area contributed by atoms with Crippen LogP contribution in [0, 0.1) is 6.92 Å². The van der Waals surface area contributed by atoms with E-state index in [0.29, 0.717) is 19.0 Å². The van der Waals surface area contributed by atoms with Crippen LogP contribution in [0.5, 0.6) is 0 Å². The van der Waals surface area contributed by atoms with Gasteiger partial charge in [-0.25, -0.2) is 15.4 Å². The molecule has 0 unspecified atom stereocenters. The first kappa shape index (κ1) is 16.5. The number of benzene rings is 1. The third-order valence-corrected chi connectivity index (χ3v) is 5.03. The van der Waals surface area contributed by atoms with E-state index in [4.69, 9.17) is 5.21 Å². The van der Waals surface area contributed by atoms with Crippen molar-refractivity contribution in [1.29, 1.82) is 0 Å². The fourth-order valence-electron chi connectivity index (χ4n) is 3.76. The van der Waals surface area contributed by atoms with Gasteiger partial charge in [-0.05, 0) is 25.5 Å². The van der Waals surface area contributed by atoms with Crippen LogP contribution < -0.4 is 10.4 Å². The Balaban J connectivity index is 1.46. The van der Waals surface area contributed by atoms with Crippen LogP contribution in [0.3, 0.4) is 0 Å². The Labute approximate surface area is 150 Å². The number of carbonyl (C=O) groups excluding carboxylic acids is 2. The van der Waals surface area contributed by atoms with Crippen LogP contribution in [-0.4, -0.2) is 57.1 Å². The molecule has 2 N–H and O–H groups in total. The smallest absolute Gasteiger partial charge is 0.277 e. The highest BCUT2D eigenvalue weighted by molar-refractivity contribution is 5.95. The average Bonchev–Trinajstić information content (AvgIpc) is 3.28. The molecule has 2 amide bonds. The molecule has 0 aliphatic carbocycles. The molecule has 4 rings (SSSR count). The second-order valence-electron chi connectivity index (χ2n) is 6.74. The van der Waals surface area contributed by atoms with Gasteiger partial charge in [0.2, 0.25) is 5.95 Å². The number of likely N-dealkylation sites (tertiary alicyclic amines) is 1. The first-order chi connectivity index (χ1) is 12.6. The van der Waals surface area contributed by atoms with Gasteiger partial charge in [0.25, 0.3) is 11.8 Å². The summed E-state index contributed by atoms with van der Waals surface area (Å²) in [4.78, 5) is 36.6. The number of nitrogens with zero attached hydrogens (tertiary/aromatic N) is 4. The molecule has 1 aromatic carbocycles. The van der Waals surface area contributed by atoms with Gasteiger partial charge in [0.1, 0.15) is 0 Å². The van der Waals surface area contributed by atoms with Crippen LogP contribution in [-0.2, 0) is 0 Å². The van der Waals surface area contributed by atoms with Crippen molar-refractivity contribution in [2.75, 3.05) is 18.0 Å². The van der Waals surface area contributed by atoms with Gasteiger partial charge in [-0.1, -0.05) is 17.7 Å². The molecule has 0 saturated carbocycles. The third kappa shape index (κ3) is 2.78. The normalized spacial score (nSPS) is 21.2. The van der Waals surface area contributed by atoms with Gasteiger partial charge in [0.05, 0.1) is 17.6 Å². The van der Waals surface area contributed by atoms with Crippen molar-refractivity contribution in [3.05, 3.63) is 53.3 Å². The van der Waals surface area contributed by atoms with E-state index in [2.05, 4.69) is 14.9 Å². The molecular weight excluding hydrogens is 334 g/mol. The minimum Gasteiger partial charge on any atom is -0.334 e. The predicted octanol–water partition coefficient (Wildman–Crippen LogP) is 1.01. The van der Waals surface area contributed by atoms with Gasteiger partial charge >= 0.3 is 0 Å². The zero-order valence-electron chi connectivity index (χ0n) is 14.3. The number of rotatable bonds is 3. The lowest BCUT2D eigenvalue weighted by Crippen LogP contribution is -2.49. The number of nitrogens with one attached hydrogen (secondary N) is 1. The Bertz CT molecular complexity index is 854. The number of hydrogen-bond donors (Lipinski definition) is 2. The van der Waals surface area contributed by atoms with Crippen LogP contribution in [0.2, 0.25) is 0 Å². The van der Waals surface area contributed by atoms with E-state index >= 15 is 0 Å². The van der Waals surface area contributed by atoms with Crippen molar-refractivity contribution in [2.45, 2.75) is 25.4 Å². The van der Waals surface area contributed by atoms with E-state index in [1.165, 1.54) is 12.4 Å². The van der Waals surface area contributed by atoms with Gasteiger partial charge in [0, 0.05) is 31.0 Å². The van der Waals surface area contributed by atoms with Crippen LogP contribution in [0.15, 0.2) is 36.7 Å². The fourth-order valence-corrected chi connectivity index (χ4v) is 3.76. The maximum Gasteiger partial charge on any atom is 0.277 e. The Hall–Kier alpha value is -3.00. The summed E-state index contributed by atoms with van der Waals surface area (Å²) in [7, 11) is 0. The summed E-state index contributed by atoms with van der Waals surface area (Å²) in [5.74, 6) is -0.0409. The first-order valence-electron chi connectivity index (χ1n) is 8.47. The van der Waals surface area contributed by atoms with Crippen LogP contribution in [0.4, 0.5) is 5.95 Å². The Morgan fingerprint density at radius 2 is 1.92 bits per heavy atom.